The molecule has 3 aromatic carbocycles. The molecule has 198 valence electrons. The van der Waals surface area contributed by atoms with Crippen molar-refractivity contribution in [2.75, 3.05) is 12.4 Å². The van der Waals surface area contributed by atoms with Crippen molar-refractivity contribution in [1.29, 1.82) is 0 Å². The number of thioether (sulfide) groups is 1. The van der Waals surface area contributed by atoms with Crippen LogP contribution in [0, 0.1) is 0 Å². The van der Waals surface area contributed by atoms with E-state index in [1.54, 1.807) is 14.0 Å². The second-order valence-corrected chi connectivity index (χ2v) is 10.2. The zero-order valence-corrected chi connectivity index (χ0v) is 22.1. The normalized spacial score (nSPS) is 12.4. The number of rotatable bonds is 8. The number of benzene rings is 3. The predicted molar refractivity (Wildman–Crippen MR) is 143 cm³/mol. The van der Waals surface area contributed by atoms with Crippen LogP contribution in [0.3, 0.4) is 0 Å². The molecular weight excluding hydrogens is 513 g/mol. The van der Waals surface area contributed by atoms with E-state index in [0.29, 0.717) is 16.7 Å². The summed E-state index contributed by atoms with van der Waals surface area (Å²) in [5.74, 6) is 1.05. The summed E-state index contributed by atoms with van der Waals surface area (Å²) in [6.45, 7) is 5.86. The van der Waals surface area contributed by atoms with E-state index in [1.807, 2.05) is 53.1 Å². The van der Waals surface area contributed by atoms with Gasteiger partial charge in [0.1, 0.15) is 5.75 Å². The number of carbonyl (C=O) groups excluding carboxylic acids is 1. The largest absolute Gasteiger partial charge is 0.497 e. The van der Waals surface area contributed by atoms with Crippen molar-refractivity contribution in [1.82, 2.24) is 14.8 Å². The molecule has 6 nitrogen and oxygen atoms in total. The van der Waals surface area contributed by atoms with Gasteiger partial charge in [-0.05, 0) is 66.9 Å². The molecule has 10 heteroatoms. The molecule has 0 aliphatic heterocycles. The number of para-hydroxylation sites is 1. The van der Waals surface area contributed by atoms with Crippen molar-refractivity contribution in [3.05, 3.63) is 83.9 Å². The van der Waals surface area contributed by atoms with E-state index in [4.69, 9.17) is 4.74 Å². The molecular formula is C28H27F3N4O2S. The molecule has 0 saturated heterocycles. The van der Waals surface area contributed by atoms with Crippen LogP contribution in [0.15, 0.2) is 78.0 Å². The molecule has 0 aliphatic rings. The van der Waals surface area contributed by atoms with Crippen LogP contribution in [-0.4, -0.2) is 33.0 Å². The fraction of sp³-hybridized carbons (Fsp3) is 0.250. The molecule has 1 atom stereocenters. The molecule has 1 amide bonds. The van der Waals surface area contributed by atoms with Crippen molar-refractivity contribution in [2.24, 2.45) is 0 Å². The SMILES string of the molecule is COc1ccc(-c2nnc(S[C@@H](C)C(=O)Nc3cccc(C(F)(F)F)c3)n2-c2ccccc2C(C)C)cc1. The summed E-state index contributed by atoms with van der Waals surface area (Å²) in [4.78, 5) is 13.0. The zero-order chi connectivity index (χ0) is 27.4. The van der Waals surface area contributed by atoms with E-state index in [2.05, 4.69) is 29.4 Å². The summed E-state index contributed by atoms with van der Waals surface area (Å²) in [6, 6.07) is 19.9. The number of aromatic nitrogens is 3. The minimum absolute atomic E-state index is 0.0721. The van der Waals surface area contributed by atoms with Gasteiger partial charge in [0.15, 0.2) is 11.0 Å². The quantitative estimate of drug-likeness (QED) is 0.239. The monoisotopic (exact) mass is 540 g/mol. The Morgan fingerprint density at radius 3 is 2.34 bits per heavy atom. The lowest BCUT2D eigenvalue weighted by molar-refractivity contribution is -0.137. The first-order valence-corrected chi connectivity index (χ1v) is 12.8. The highest BCUT2D eigenvalue weighted by atomic mass is 32.2. The molecule has 0 spiro atoms. The minimum atomic E-state index is -4.50. The third-order valence-electron chi connectivity index (χ3n) is 5.89. The Hall–Kier alpha value is -3.79. The van der Waals surface area contributed by atoms with Crippen LogP contribution in [0.1, 0.15) is 37.8 Å². The summed E-state index contributed by atoms with van der Waals surface area (Å²) in [7, 11) is 1.59. The number of halogens is 3. The number of amides is 1. The average Bonchev–Trinajstić information content (AvgIpc) is 3.31. The van der Waals surface area contributed by atoms with Gasteiger partial charge >= 0.3 is 6.18 Å². The van der Waals surface area contributed by atoms with Gasteiger partial charge in [0, 0.05) is 11.3 Å². The van der Waals surface area contributed by atoms with Crippen LogP contribution in [0.5, 0.6) is 5.75 Å². The lowest BCUT2D eigenvalue weighted by atomic mass is 10.0. The number of nitrogens with one attached hydrogen (secondary N) is 1. The molecule has 0 radical (unpaired) electrons. The first-order chi connectivity index (χ1) is 18.1. The van der Waals surface area contributed by atoms with E-state index >= 15 is 0 Å². The summed E-state index contributed by atoms with van der Waals surface area (Å²) in [5.41, 5.74) is 2.01. The smallest absolute Gasteiger partial charge is 0.416 e. The van der Waals surface area contributed by atoms with Gasteiger partial charge in [0.2, 0.25) is 5.91 Å². The van der Waals surface area contributed by atoms with E-state index in [-0.39, 0.29) is 11.6 Å². The van der Waals surface area contributed by atoms with Gasteiger partial charge in [-0.1, -0.05) is 49.9 Å². The van der Waals surface area contributed by atoms with Gasteiger partial charge in [-0.3, -0.25) is 9.36 Å². The van der Waals surface area contributed by atoms with Gasteiger partial charge in [-0.2, -0.15) is 13.2 Å². The molecule has 1 N–H and O–H groups in total. The van der Waals surface area contributed by atoms with Crippen molar-refractivity contribution in [2.45, 2.75) is 43.3 Å². The highest BCUT2D eigenvalue weighted by molar-refractivity contribution is 8.00. The third-order valence-corrected chi connectivity index (χ3v) is 6.93. The first kappa shape index (κ1) is 27.3. The maximum absolute atomic E-state index is 13.1. The molecule has 1 heterocycles. The average molecular weight is 541 g/mol. The molecule has 4 aromatic rings. The molecule has 0 unspecified atom stereocenters. The summed E-state index contributed by atoms with van der Waals surface area (Å²) >= 11 is 1.18. The Kier molecular flexibility index (Phi) is 8.11. The molecule has 4 rings (SSSR count). The van der Waals surface area contributed by atoms with Gasteiger partial charge in [0.05, 0.1) is 23.6 Å². The second-order valence-electron chi connectivity index (χ2n) is 8.91. The Morgan fingerprint density at radius 2 is 1.68 bits per heavy atom. The maximum Gasteiger partial charge on any atom is 0.416 e. The fourth-order valence-electron chi connectivity index (χ4n) is 3.90. The highest BCUT2D eigenvalue weighted by Crippen LogP contribution is 2.35. The molecule has 0 fully saturated rings. The second kappa shape index (κ2) is 11.3. The lowest BCUT2D eigenvalue weighted by Crippen LogP contribution is -2.23. The number of methoxy groups -OCH3 is 1. The van der Waals surface area contributed by atoms with Crippen LogP contribution >= 0.6 is 11.8 Å². The Bertz CT molecular complexity index is 1420. The molecule has 0 bridgehead atoms. The van der Waals surface area contributed by atoms with Crippen LogP contribution in [0.25, 0.3) is 17.1 Å². The van der Waals surface area contributed by atoms with Gasteiger partial charge in [0.25, 0.3) is 0 Å². The summed E-state index contributed by atoms with van der Waals surface area (Å²) in [5, 5.41) is 11.2. The van der Waals surface area contributed by atoms with Crippen molar-refractivity contribution in [3.63, 3.8) is 0 Å². The van der Waals surface area contributed by atoms with Crippen LogP contribution in [0.2, 0.25) is 0 Å². The highest BCUT2D eigenvalue weighted by Gasteiger charge is 2.31. The van der Waals surface area contributed by atoms with Crippen LogP contribution in [-0.2, 0) is 11.0 Å². The van der Waals surface area contributed by atoms with Gasteiger partial charge < -0.3 is 10.1 Å². The van der Waals surface area contributed by atoms with Crippen molar-refractivity contribution < 1.29 is 22.7 Å². The Morgan fingerprint density at radius 1 is 0.974 bits per heavy atom. The minimum Gasteiger partial charge on any atom is -0.497 e. The lowest BCUT2D eigenvalue weighted by Gasteiger charge is -2.18. The predicted octanol–water partition coefficient (Wildman–Crippen LogP) is 7.20. The standard InChI is InChI=1S/C28H27F3N4O2S/c1-17(2)23-10-5-6-11-24(23)35-25(19-12-14-22(37-4)15-13-19)33-34-27(35)38-18(3)26(36)32-21-9-7-8-20(16-21)28(29,30)31/h5-18H,1-4H3,(H,32,36)/t18-/m0/s1. The van der Waals surface area contributed by atoms with Crippen molar-refractivity contribution >= 4 is 23.4 Å². The zero-order valence-electron chi connectivity index (χ0n) is 21.3. The van der Waals surface area contributed by atoms with E-state index in [1.165, 1.54) is 23.9 Å². The third kappa shape index (κ3) is 6.02. The maximum atomic E-state index is 13.1. The van der Waals surface area contributed by atoms with Crippen LogP contribution in [0.4, 0.5) is 18.9 Å². The summed E-state index contributed by atoms with van der Waals surface area (Å²) in [6.07, 6.45) is -4.50. The van der Waals surface area contributed by atoms with Gasteiger partial charge in [-0.25, -0.2) is 0 Å². The number of nitrogens with zero attached hydrogens (tertiary/aromatic N) is 3. The van der Waals surface area contributed by atoms with E-state index < -0.39 is 22.9 Å². The number of hydrogen-bond donors (Lipinski definition) is 1. The number of carbonyl (C=O) groups is 1. The number of ether oxygens (including phenoxy) is 1. The first-order valence-electron chi connectivity index (χ1n) is 11.9. The number of alkyl halides is 3. The fourth-order valence-corrected chi connectivity index (χ4v) is 4.76. The van der Waals surface area contributed by atoms with Crippen molar-refractivity contribution in [3.8, 4) is 22.8 Å². The topological polar surface area (TPSA) is 69.0 Å². The number of hydrogen-bond acceptors (Lipinski definition) is 5. The van der Waals surface area contributed by atoms with Gasteiger partial charge in [-0.15, -0.1) is 10.2 Å². The van der Waals surface area contributed by atoms with E-state index in [0.717, 1.165) is 28.9 Å². The molecule has 38 heavy (non-hydrogen) atoms. The molecule has 0 aliphatic carbocycles. The summed E-state index contributed by atoms with van der Waals surface area (Å²) < 4.78 is 46.5. The van der Waals surface area contributed by atoms with E-state index in [9.17, 15) is 18.0 Å². The molecule has 0 saturated carbocycles. The van der Waals surface area contributed by atoms with Crippen LogP contribution < -0.4 is 10.1 Å². The number of anilines is 1. The Balaban J connectivity index is 1.68. The Labute approximate surface area is 223 Å². The molecule has 1 aromatic heterocycles.